The van der Waals surface area contributed by atoms with Crippen LogP contribution in [0.2, 0.25) is 0 Å². The number of nitrogens with one attached hydrogen (secondary N) is 2. The van der Waals surface area contributed by atoms with E-state index in [1.54, 1.807) is 6.07 Å². The van der Waals surface area contributed by atoms with E-state index in [4.69, 9.17) is 5.73 Å². The zero-order chi connectivity index (χ0) is 13.1. The van der Waals surface area contributed by atoms with Gasteiger partial charge in [-0.3, -0.25) is 9.59 Å². The van der Waals surface area contributed by atoms with Gasteiger partial charge < -0.3 is 16.4 Å². The quantitative estimate of drug-likeness (QED) is 0.771. The highest BCUT2D eigenvalue weighted by Gasteiger charge is 2.17. The lowest BCUT2D eigenvalue weighted by Gasteiger charge is -2.17. The summed E-state index contributed by atoms with van der Waals surface area (Å²) in [6, 6.07) is 4.93. The molecule has 0 radical (unpaired) electrons. The van der Waals surface area contributed by atoms with Crippen LogP contribution in [-0.2, 0) is 9.59 Å². The van der Waals surface area contributed by atoms with E-state index in [-0.39, 0.29) is 11.8 Å². The molecule has 2 rings (SSSR count). The summed E-state index contributed by atoms with van der Waals surface area (Å²) >= 11 is 1.49. The molecule has 18 heavy (non-hydrogen) atoms. The summed E-state index contributed by atoms with van der Waals surface area (Å²) in [4.78, 5) is 23.9. The van der Waals surface area contributed by atoms with Crippen LogP contribution in [0.3, 0.4) is 0 Å². The first kappa shape index (κ1) is 12.9. The lowest BCUT2D eigenvalue weighted by molar-refractivity contribution is -0.117. The van der Waals surface area contributed by atoms with Crippen LogP contribution in [0.15, 0.2) is 23.1 Å². The van der Waals surface area contributed by atoms with Gasteiger partial charge in [-0.25, -0.2) is 0 Å². The van der Waals surface area contributed by atoms with Gasteiger partial charge in [0.1, 0.15) is 0 Å². The van der Waals surface area contributed by atoms with Gasteiger partial charge in [-0.2, -0.15) is 0 Å². The molecule has 1 atom stereocenters. The predicted molar refractivity (Wildman–Crippen MR) is 72.7 cm³/mol. The number of hydrogen-bond acceptors (Lipinski definition) is 4. The van der Waals surface area contributed by atoms with Crippen LogP contribution in [-0.4, -0.2) is 23.6 Å². The molecule has 1 heterocycles. The van der Waals surface area contributed by atoms with Gasteiger partial charge in [-0.15, -0.1) is 11.8 Å². The Kier molecular flexibility index (Phi) is 3.88. The van der Waals surface area contributed by atoms with Gasteiger partial charge in [0.25, 0.3) is 0 Å². The van der Waals surface area contributed by atoms with Gasteiger partial charge in [-0.1, -0.05) is 6.92 Å². The molecule has 1 aromatic rings. The van der Waals surface area contributed by atoms with Crippen molar-refractivity contribution in [1.82, 2.24) is 0 Å². The first-order valence-corrected chi connectivity index (χ1v) is 6.72. The van der Waals surface area contributed by atoms with Crippen molar-refractivity contribution < 1.29 is 9.59 Å². The average Bonchev–Trinajstić information content (AvgIpc) is 2.37. The number of carbonyl (C=O) groups excluding carboxylic acids is 2. The summed E-state index contributed by atoms with van der Waals surface area (Å²) in [5.41, 5.74) is 7.02. The van der Waals surface area contributed by atoms with Crippen LogP contribution >= 0.6 is 11.8 Å². The number of thioether (sulfide) groups is 1. The molecule has 5 nitrogen and oxygen atoms in total. The molecule has 1 aromatic carbocycles. The molecular formula is C12H15N3O2S. The van der Waals surface area contributed by atoms with E-state index in [1.165, 1.54) is 11.8 Å². The highest BCUT2D eigenvalue weighted by Crippen LogP contribution is 2.33. The largest absolute Gasteiger partial charge is 0.325 e. The molecule has 0 saturated carbocycles. The second-order valence-corrected chi connectivity index (χ2v) is 5.07. The number of fused-ring (bicyclic) bond motifs is 1. The van der Waals surface area contributed by atoms with Crippen molar-refractivity contribution in [3.8, 4) is 0 Å². The topological polar surface area (TPSA) is 84.2 Å². The number of benzene rings is 1. The van der Waals surface area contributed by atoms with E-state index in [0.29, 0.717) is 17.9 Å². The summed E-state index contributed by atoms with van der Waals surface area (Å²) in [7, 11) is 0. The fraction of sp³-hybridized carbons (Fsp3) is 0.333. The van der Waals surface area contributed by atoms with Crippen LogP contribution in [0.4, 0.5) is 11.4 Å². The third-order valence-corrected chi connectivity index (χ3v) is 3.73. The van der Waals surface area contributed by atoms with Crippen molar-refractivity contribution in [2.75, 3.05) is 16.4 Å². The highest BCUT2D eigenvalue weighted by atomic mass is 32.2. The van der Waals surface area contributed by atoms with Gasteiger partial charge >= 0.3 is 0 Å². The van der Waals surface area contributed by atoms with Gasteiger partial charge in [-0.05, 0) is 24.6 Å². The number of anilines is 2. The predicted octanol–water partition coefficient (Wildman–Crippen LogP) is 1.41. The number of nitrogens with two attached hydrogens (primary N) is 1. The van der Waals surface area contributed by atoms with E-state index < -0.39 is 6.04 Å². The minimum atomic E-state index is -0.509. The molecular weight excluding hydrogens is 250 g/mol. The van der Waals surface area contributed by atoms with Gasteiger partial charge in [0.15, 0.2) is 0 Å². The van der Waals surface area contributed by atoms with Gasteiger partial charge in [0.2, 0.25) is 11.8 Å². The molecule has 2 amide bonds. The fourth-order valence-corrected chi connectivity index (χ4v) is 2.37. The van der Waals surface area contributed by atoms with Crippen LogP contribution in [0.5, 0.6) is 0 Å². The van der Waals surface area contributed by atoms with Crippen LogP contribution in [0.25, 0.3) is 0 Å². The number of carbonyl (C=O) groups is 2. The maximum atomic E-state index is 11.6. The highest BCUT2D eigenvalue weighted by molar-refractivity contribution is 8.00. The molecule has 1 aliphatic rings. The van der Waals surface area contributed by atoms with Crippen molar-refractivity contribution in [2.45, 2.75) is 24.3 Å². The van der Waals surface area contributed by atoms with Crippen LogP contribution < -0.4 is 16.4 Å². The van der Waals surface area contributed by atoms with Crippen molar-refractivity contribution >= 4 is 35.0 Å². The lowest BCUT2D eigenvalue weighted by atomic mass is 10.2. The second kappa shape index (κ2) is 5.41. The molecule has 6 heteroatoms. The fourth-order valence-electron chi connectivity index (χ4n) is 1.58. The maximum absolute atomic E-state index is 11.6. The Labute approximate surface area is 110 Å². The molecule has 0 fully saturated rings. The second-order valence-electron chi connectivity index (χ2n) is 4.05. The molecule has 1 aliphatic heterocycles. The third kappa shape index (κ3) is 2.83. The monoisotopic (exact) mass is 265 g/mol. The molecule has 0 saturated heterocycles. The van der Waals surface area contributed by atoms with Crippen molar-refractivity contribution in [2.24, 2.45) is 5.73 Å². The summed E-state index contributed by atoms with van der Waals surface area (Å²) in [6.45, 7) is 1.86. The normalized spacial score (nSPS) is 15.6. The third-order valence-electron chi connectivity index (χ3n) is 2.66. The summed E-state index contributed by atoms with van der Waals surface area (Å²) in [5.74, 6) is 0.188. The van der Waals surface area contributed by atoms with E-state index in [1.807, 2.05) is 19.1 Å². The molecule has 4 N–H and O–H groups in total. The minimum absolute atomic E-state index is 0.0266. The zero-order valence-corrected chi connectivity index (χ0v) is 10.8. The van der Waals surface area contributed by atoms with Crippen LogP contribution in [0.1, 0.15) is 13.3 Å². The smallest absolute Gasteiger partial charge is 0.241 e. The standard InChI is InChI=1S/C12H15N3O2S/c1-2-8(13)12(17)14-7-3-4-10-9(5-7)15-11(16)6-18-10/h3-5,8H,2,6,13H2,1H3,(H,14,17)(H,15,16). The Bertz CT molecular complexity index is 490. The number of amides is 2. The minimum Gasteiger partial charge on any atom is -0.325 e. The van der Waals surface area contributed by atoms with E-state index in [9.17, 15) is 9.59 Å². The van der Waals surface area contributed by atoms with Crippen molar-refractivity contribution in [1.29, 1.82) is 0 Å². The molecule has 0 aromatic heterocycles. The SMILES string of the molecule is CCC(N)C(=O)Nc1ccc2c(c1)NC(=O)CS2. The number of rotatable bonds is 3. The van der Waals surface area contributed by atoms with Gasteiger partial charge in [0, 0.05) is 10.6 Å². The summed E-state index contributed by atoms with van der Waals surface area (Å²) in [5, 5.41) is 5.51. The molecule has 0 aliphatic carbocycles. The van der Waals surface area contributed by atoms with E-state index in [2.05, 4.69) is 10.6 Å². The summed E-state index contributed by atoms with van der Waals surface area (Å²) < 4.78 is 0. The molecule has 1 unspecified atom stereocenters. The maximum Gasteiger partial charge on any atom is 0.241 e. The average molecular weight is 265 g/mol. The first-order chi connectivity index (χ1) is 8.60. The van der Waals surface area contributed by atoms with Crippen molar-refractivity contribution in [3.05, 3.63) is 18.2 Å². The first-order valence-electron chi connectivity index (χ1n) is 5.73. The van der Waals surface area contributed by atoms with E-state index in [0.717, 1.165) is 10.6 Å². The molecule has 0 bridgehead atoms. The lowest BCUT2D eigenvalue weighted by Crippen LogP contribution is -2.34. The molecule has 0 spiro atoms. The van der Waals surface area contributed by atoms with Crippen LogP contribution in [0, 0.1) is 0 Å². The molecule has 96 valence electrons. The Morgan fingerprint density at radius 3 is 3.11 bits per heavy atom. The van der Waals surface area contributed by atoms with Gasteiger partial charge in [0.05, 0.1) is 17.5 Å². The zero-order valence-electron chi connectivity index (χ0n) is 10.0. The Morgan fingerprint density at radius 1 is 1.61 bits per heavy atom. The Hall–Kier alpha value is -1.53. The van der Waals surface area contributed by atoms with E-state index >= 15 is 0 Å². The van der Waals surface area contributed by atoms with Crippen molar-refractivity contribution in [3.63, 3.8) is 0 Å². The number of hydrogen-bond donors (Lipinski definition) is 3. The Morgan fingerprint density at radius 2 is 2.39 bits per heavy atom. The Balaban J connectivity index is 2.13. The summed E-state index contributed by atoms with van der Waals surface area (Å²) in [6.07, 6.45) is 0.587.